The first-order valence-corrected chi connectivity index (χ1v) is 7.23. The van der Waals surface area contributed by atoms with Gasteiger partial charge in [0.2, 0.25) is 0 Å². The van der Waals surface area contributed by atoms with Crippen LogP contribution in [0, 0.1) is 0 Å². The van der Waals surface area contributed by atoms with Gasteiger partial charge in [-0.15, -0.1) is 0 Å². The van der Waals surface area contributed by atoms with Crippen LogP contribution in [0.5, 0.6) is 5.75 Å². The van der Waals surface area contributed by atoms with Gasteiger partial charge in [0.25, 0.3) is 5.91 Å². The van der Waals surface area contributed by atoms with Gasteiger partial charge in [-0.3, -0.25) is 4.79 Å². The summed E-state index contributed by atoms with van der Waals surface area (Å²) in [5.41, 5.74) is 1.49. The van der Waals surface area contributed by atoms with Crippen LogP contribution in [0.15, 0.2) is 48.8 Å². The van der Waals surface area contributed by atoms with Crippen LogP contribution in [0.4, 0.5) is 5.82 Å². The number of pyridine rings is 1. The molecule has 6 heteroatoms. The number of aromatic nitrogens is 2. The van der Waals surface area contributed by atoms with Crippen molar-refractivity contribution in [3.63, 3.8) is 0 Å². The van der Waals surface area contributed by atoms with Crippen LogP contribution in [0.2, 0.25) is 0 Å². The molecule has 2 heterocycles. The Hall–Kier alpha value is -2.86. The molecule has 0 aliphatic carbocycles. The number of hydrogen-bond donors (Lipinski definition) is 2. The van der Waals surface area contributed by atoms with Crippen LogP contribution in [0.1, 0.15) is 10.4 Å². The zero-order valence-electron chi connectivity index (χ0n) is 12.7. The molecule has 0 radical (unpaired) electrons. The number of nitrogens with one attached hydrogen (secondary N) is 1. The number of rotatable bonds is 5. The second kappa shape index (κ2) is 6.50. The first-order chi connectivity index (χ1) is 11.2. The first-order valence-electron chi connectivity index (χ1n) is 7.23. The number of amides is 1. The Morgan fingerprint density at radius 1 is 1.30 bits per heavy atom. The highest BCUT2D eigenvalue weighted by atomic mass is 16.5. The molecule has 0 saturated carbocycles. The smallest absolute Gasteiger partial charge is 0.259 e. The number of methoxy groups -OCH3 is 1. The zero-order chi connectivity index (χ0) is 16.2. The Labute approximate surface area is 133 Å². The van der Waals surface area contributed by atoms with Crippen LogP contribution < -0.4 is 5.32 Å². The number of carbonyl (C=O) groups excluding carboxylic acids is 1. The van der Waals surface area contributed by atoms with E-state index in [9.17, 15) is 9.90 Å². The van der Waals surface area contributed by atoms with Crippen molar-refractivity contribution in [1.82, 2.24) is 9.55 Å². The fourth-order valence-electron chi connectivity index (χ4n) is 2.47. The largest absolute Gasteiger partial charge is 0.504 e. The highest BCUT2D eigenvalue weighted by Gasteiger charge is 2.16. The number of nitrogens with zero attached hydrogens (tertiary/aromatic N) is 2. The van der Waals surface area contributed by atoms with Crippen molar-refractivity contribution in [1.29, 1.82) is 0 Å². The summed E-state index contributed by atoms with van der Waals surface area (Å²) >= 11 is 0. The fourth-order valence-corrected chi connectivity index (χ4v) is 2.47. The summed E-state index contributed by atoms with van der Waals surface area (Å²) in [6, 6.07) is 10.7. The summed E-state index contributed by atoms with van der Waals surface area (Å²) in [4.78, 5) is 16.5. The fraction of sp³-hybridized carbons (Fsp3) is 0.176. The summed E-state index contributed by atoms with van der Waals surface area (Å²) in [6.07, 6.45) is 3.30. The maximum atomic E-state index is 12.6. The van der Waals surface area contributed by atoms with E-state index in [0.717, 1.165) is 10.9 Å². The van der Waals surface area contributed by atoms with Crippen molar-refractivity contribution in [2.45, 2.75) is 6.54 Å². The van der Waals surface area contributed by atoms with Gasteiger partial charge in [0.1, 0.15) is 0 Å². The van der Waals surface area contributed by atoms with Crippen molar-refractivity contribution in [2.24, 2.45) is 0 Å². The third-order valence-corrected chi connectivity index (χ3v) is 3.59. The summed E-state index contributed by atoms with van der Waals surface area (Å²) in [6.45, 7) is 1.21. The zero-order valence-corrected chi connectivity index (χ0v) is 12.7. The second-order valence-electron chi connectivity index (χ2n) is 5.07. The lowest BCUT2D eigenvalue weighted by molar-refractivity contribution is 0.102. The lowest BCUT2D eigenvalue weighted by Gasteiger charge is -2.05. The molecule has 1 aromatic carbocycles. The average Bonchev–Trinajstić information content (AvgIpc) is 2.94. The second-order valence-corrected chi connectivity index (χ2v) is 5.07. The van der Waals surface area contributed by atoms with Crippen LogP contribution in [0.25, 0.3) is 10.9 Å². The normalized spacial score (nSPS) is 10.8. The minimum Gasteiger partial charge on any atom is -0.504 e. The molecule has 3 aromatic rings. The third-order valence-electron chi connectivity index (χ3n) is 3.59. The quantitative estimate of drug-likeness (QED) is 0.759. The Bertz CT molecular complexity index is 842. The third kappa shape index (κ3) is 3.02. The first kappa shape index (κ1) is 15.1. The van der Waals surface area contributed by atoms with E-state index in [0.29, 0.717) is 18.7 Å². The summed E-state index contributed by atoms with van der Waals surface area (Å²) in [7, 11) is 1.64. The van der Waals surface area contributed by atoms with E-state index < -0.39 is 0 Å². The molecule has 0 unspecified atom stereocenters. The van der Waals surface area contributed by atoms with Crippen LogP contribution >= 0.6 is 0 Å². The number of aromatic hydroxyl groups is 1. The van der Waals surface area contributed by atoms with E-state index in [1.807, 2.05) is 28.8 Å². The van der Waals surface area contributed by atoms with Crippen molar-refractivity contribution >= 4 is 22.6 Å². The molecule has 0 atom stereocenters. The standard InChI is InChI=1S/C17H17N3O3/c1-23-10-9-20-11-13(12-5-2-3-6-14(12)20)17(22)19-16-15(21)7-4-8-18-16/h2-8,11,21H,9-10H2,1H3,(H,18,19,22). The maximum Gasteiger partial charge on any atom is 0.259 e. The predicted octanol–water partition coefficient (Wildman–Crippen LogP) is 2.64. The average molecular weight is 311 g/mol. The molecular formula is C17H17N3O3. The number of carbonyl (C=O) groups is 1. The van der Waals surface area contributed by atoms with Gasteiger partial charge in [0.15, 0.2) is 11.6 Å². The van der Waals surface area contributed by atoms with Crippen molar-refractivity contribution in [3.8, 4) is 5.75 Å². The van der Waals surface area contributed by atoms with Gasteiger partial charge < -0.3 is 19.7 Å². The van der Waals surface area contributed by atoms with E-state index in [2.05, 4.69) is 10.3 Å². The molecule has 1 amide bonds. The van der Waals surface area contributed by atoms with Gasteiger partial charge in [-0.25, -0.2) is 4.98 Å². The lowest BCUT2D eigenvalue weighted by Crippen LogP contribution is -2.12. The number of para-hydroxylation sites is 1. The van der Waals surface area contributed by atoms with Gasteiger partial charge in [0, 0.05) is 37.0 Å². The Morgan fingerprint density at radius 3 is 2.91 bits per heavy atom. The van der Waals surface area contributed by atoms with Crippen molar-refractivity contribution in [2.75, 3.05) is 19.0 Å². The summed E-state index contributed by atoms with van der Waals surface area (Å²) in [5.74, 6) is -0.235. The van der Waals surface area contributed by atoms with E-state index in [1.54, 1.807) is 19.4 Å². The molecule has 23 heavy (non-hydrogen) atoms. The van der Waals surface area contributed by atoms with Crippen molar-refractivity contribution < 1.29 is 14.6 Å². The van der Waals surface area contributed by atoms with Crippen molar-refractivity contribution in [3.05, 3.63) is 54.4 Å². The van der Waals surface area contributed by atoms with Crippen LogP contribution in [-0.2, 0) is 11.3 Å². The Morgan fingerprint density at radius 2 is 2.13 bits per heavy atom. The van der Waals surface area contributed by atoms with Crippen LogP contribution in [0.3, 0.4) is 0 Å². The number of hydrogen-bond acceptors (Lipinski definition) is 4. The molecule has 0 bridgehead atoms. The van der Waals surface area contributed by atoms with E-state index in [4.69, 9.17) is 4.74 Å². The Kier molecular flexibility index (Phi) is 4.25. The topological polar surface area (TPSA) is 76.4 Å². The van der Waals surface area contributed by atoms with Gasteiger partial charge in [-0.05, 0) is 18.2 Å². The predicted molar refractivity (Wildman–Crippen MR) is 87.7 cm³/mol. The SMILES string of the molecule is COCCn1cc(C(=O)Nc2ncccc2O)c2ccccc21. The van der Waals surface area contributed by atoms with E-state index in [-0.39, 0.29) is 17.5 Å². The monoisotopic (exact) mass is 311 g/mol. The molecule has 0 aliphatic rings. The summed E-state index contributed by atoms with van der Waals surface area (Å²) < 4.78 is 7.09. The minimum atomic E-state index is -0.314. The molecular weight excluding hydrogens is 294 g/mol. The van der Waals surface area contributed by atoms with E-state index in [1.165, 1.54) is 12.3 Å². The number of fused-ring (bicyclic) bond motifs is 1. The molecule has 2 aromatic heterocycles. The highest BCUT2D eigenvalue weighted by molar-refractivity contribution is 6.13. The van der Waals surface area contributed by atoms with Gasteiger partial charge in [0.05, 0.1) is 12.2 Å². The molecule has 118 valence electrons. The highest BCUT2D eigenvalue weighted by Crippen LogP contribution is 2.24. The molecule has 0 fully saturated rings. The van der Waals surface area contributed by atoms with Gasteiger partial charge in [-0.2, -0.15) is 0 Å². The van der Waals surface area contributed by atoms with E-state index >= 15 is 0 Å². The Balaban J connectivity index is 1.95. The number of ether oxygens (including phenoxy) is 1. The molecule has 0 saturated heterocycles. The van der Waals surface area contributed by atoms with Crippen LogP contribution in [-0.4, -0.2) is 34.3 Å². The molecule has 2 N–H and O–H groups in total. The molecule has 0 aliphatic heterocycles. The minimum absolute atomic E-state index is 0.0658. The molecule has 6 nitrogen and oxygen atoms in total. The maximum absolute atomic E-state index is 12.6. The van der Waals surface area contributed by atoms with Gasteiger partial charge >= 0.3 is 0 Å². The van der Waals surface area contributed by atoms with Gasteiger partial charge in [-0.1, -0.05) is 18.2 Å². The lowest BCUT2D eigenvalue weighted by atomic mass is 10.1. The molecule has 0 spiro atoms. The molecule has 3 rings (SSSR count). The summed E-state index contributed by atoms with van der Waals surface area (Å²) in [5, 5.41) is 13.2. The number of anilines is 1. The number of benzene rings is 1.